The van der Waals surface area contributed by atoms with Gasteiger partial charge < -0.3 is 10.2 Å². The van der Waals surface area contributed by atoms with E-state index in [0.29, 0.717) is 12.0 Å². The first-order chi connectivity index (χ1) is 12.2. The molecule has 25 heavy (non-hydrogen) atoms. The third-order valence-electron chi connectivity index (χ3n) is 5.11. The van der Waals surface area contributed by atoms with E-state index in [0.717, 1.165) is 26.9 Å². The van der Waals surface area contributed by atoms with Gasteiger partial charge in [0, 0.05) is 22.5 Å². The number of rotatable bonds is 4. The molecule has 1 aromatic heterocycles. The van der Waals surface area contributed by atoms with Gasteiger partial charge in [-0.15, -0.1) is 11.3 Å². The normalized spacial score (nSPS) is 25.4. The molecule has 4 heterocycles. The highest BCUT2D eigenvalue weighted by atomic mass is 35.5. The number of halogens is 1. The molecule has 2 aromatic rings. The van der Waals surface area contributed by atoms with Crippen molar-refractivity contribution < 1.29 is 4.79 Å². The van der Waals surface area contributed by atoms with Crippen molar-refractivity contribution in [1.82, 2.24) is 10.2 Å². The Morgan fingerprint density at radius 3 is 2.76 bits per heavy atom. The highest BCUT2D eigenvalue weighted by Gasteiger charge is 2.35. The van der Waals surface area contributed by atoms with E-state index in [2.05, 4.69) is 10.2 Å². The predicted molar refractivity (Wildman–Crippen MR) is 105 cm³/mol. The molecular formula is C20H21ClN2OS. The number of carbonyl (C=O) groups is 1. The first-order valence-electron chi connectivity index (χ1n) is 8.74. The molecular weight excluding hydrogens is 352 g/mol. The van der Waals surface area contributed by atoms with Crippen LogP contribution in [0, 0.1) is 5.92 Å². The average molecular weight is 373 g/mol. The largest absolute Gasteiger partial charge is 0.347 e. The zero-order valence-electron chi connectivity index (χ0n) is 14.0. The molecule has 0 aliphatic carbocycles. The predicted octanol–water partition coefficient (Wildman–Crippen LogP) is 4.40. The van der Waals surface area contributed by atoms with Crippen molar-refractivity contribution in [2.24, 2.45) is 5.92 Å². The number of fused-ring (bicyclic) bond motifs is 3. The van der Waals surface area contributed by atoms with Crippen LogP contribution < -0.4 is 5.32 Å². The lowest BCUT2D eigenvalue weighted by atomic mass is 9.84. The minimum absolute atomic E-state index is 0.0613. The monoisotopic (exact) mass is 372 g/mol. The lowest BCUT2D eigenvalue weighted by Crippen LogP contribution is -2.57. The van der Waals surface area contributed by atoms with Crippen LogP contribution in [0.15, 0.2) is 36.4 Å². The summed E-state index contributed by atoms with van der Waals surface area (Å²) in [6.07, 6.45) is 6.47. The molecule has 1 aromatic carbocycles. The SMILES string of the molecule is O=C(N[C@H]1CN2CCC1CC2)c1ccc(C=Cc2cccc(Cl)c2)s1. The van der Waals surface area contributed by atoms with Crippen LogP contribution in [0.1, 0.15) is 33.0 Å². The Kier molecular flexibility index (Phi) is 4.93. The molecule has 0 radical (unpaired) electrons. The topological polar surface area (TPSA) is 32.3 Å². The van der Waals surface area contributed by atoms with Crippen LogP contribution in [0.3, 0.4) is 0 Å². The van der Waals surface area contributed by atoms with Gasteiger partial charge in [-0.25, -0.2) is 0 Å². The summed E-state index contributed by atoms with van der Waals surface area (Å²) in [7, 11) is 0. The van der Waals surface area contributed by atoms with Crippen LogP contribution in [0.5, 0.6) is 0 Å². The van der Waals surface area contributed by atoms with Gasteiger partial charge in [0.2, 0.25) is 0 Å². The third kappa shape index (κ3) is 3.97. The molecule has 0 unspecified atom stereocenters. The Morgan fingerprint density at radius 1 is 1.20 bits per heavy atom. The summed E-state index contributed by atoms with van der Waals surface area (Å²) in [5.41, 5.74) is 1.05. The number of nitrogens with zero attached hydrogens (tertiary/aromatic N) is 1. The molecule has 3 saturated heterocycles. The Morgan fingerprint density at radius 2 is 2.04 bits per heavy atom. The Labute approximate surface area is 157 Å². The van der Waals surface area contributed by atoms with E-state index < -0.39 is 0 Å². The zero-order chi connectivity index (χ0) is 17.2. The van der Waals surface area contributed by atoms with Crippen LogP contribution in [0.2, 0.25) is 5.02 Å². The van der Waals surface area contributed by atoms with Crippen LogP contribution in [0.4, 0.5) is 0 Å². The van der Waals surface area contributed by atoms with Gasteiger partial charge in [-0.2, -0.15) is 0 Å². The molecule has 5 rings (SSSR count). The minimum Gasteiger partial charge on any atom is -0.347 e. The van der Waals surface area contributed by atoms with Crippen LogP contribution in [0.25, 0.3) is 12.2 Å². The molecule has 3 aliphatic rings. The maximum Gasteiger partial charge on any atom is 0.261 e. The molecule has 2 bridgehead atoms. The highest BCUT2D eigenvalue weighted by Crippen LogP contribution is 2.28. The maximum absolute atomic E-state index is 12.6. The van der Waals surface area contributed by atoms with Gasteiger partial charge in [0.05, 0.1) is 4.88 Å². The Bertz CT molecular complexity index is 792. The summed E-state index contributed by atoms with van der Waals surface area (Å²) in [6.45, 7) is 3.38. The summed E-state index contributed by atoms with van der Waals surface area (Å²) in [5.74, 6) is 0.710. The van der Waals surface area contributed by atoms with Crippen molar-refractivity contribution in [3.63, 3.8) is 0 Å². The van der Waals surface area contributed by atoms with E-state index in [1.165, 1.54) is 37.3 Å². The van der Waals surface area contributed by atoms with Gasteiger partial charge in [-0.3, -0.25) is 4.79 Å². The second-order valence-corrected chi connectivity index (χ2v) is 8.36. The number of thiophene rings is 1. The standard InChI is InChI=1S/C20H21ClN2OS/c21-16-3-1-2-14(12-16)4-5-17-6-7-19(25-17)20(24)22-18-13-23-10-8-15(18)9-11-23/h1-7,12,15,18H,8-11,13H2,(H,22,24)/t18-/m0/s1. The third-order valence-corrected chi connectivity index (χ3v) is 6.40. The van der Waals surface area contributed by atoms with Crippen molar-refractivity contribution in [2.45, 2.75) is 18.9 Å². The van der Waals surface area contributed by atoms with Gasteiger partial charge >= 0.3 is 0 Å². The summed E-state index contributed by atoms with van der Waals surface area (Å²) in [6, 6.07) is 12.0. The van der Waals surface area contributed by atoms with Crippen LogP contribution >= 0.6 is 22.9 Å². The summed E-state index contributed by atoms with van der Waals surface area (Å²) in [4.78, 5) is 16.9. The number of hydrogen-bond acceptors (Lipinski definition) is 3. The summed E-state index contributed by atoms with van der Waals surface area (Å²) in [5, 5.41) is 3.98. The summed E-state index contributed by atoms with van der Waals surface area (Å²) < 4.78 is 0. The minimum atomic E-state index is 0.0613. The molecule has 3 fully saturated rings. The molecule has 3 aliphatic heterocycles. The molecule has 3 nitrogen and oxygen atoms in total. The fourth-order valence-corrected chi connectivity index (χ4v) is 4.73. The number of piperidine rings is 3. The molecule has 1 amide bonds. The van der Waals surface area contributed by atoms with Crippen LogP contribution in [-0.4, -0.2) is 36.5 Å². The highest BCUT2D eigenvalue weighted by molar-refractivity contribution is 7.14. The Hall–Kier alpha value is -1.62. The van der Waals surface area contributed by atoms with E-state index in [9.17, 15) is 4.79 Å². The van der Waals surface area contributed by atoms with Gasteiger partial charge in [0.1, 0.15) is 0 Å². The molecule has 1 N–H and O–H groups in total. The van der Waals surface area contributed by atoms with E-state index in [-0.39, 0.29) is 5.91 Å². The number of amides is 1. The number of carbonyl (C=O) groups excluding carboxylic acids is 1. The first-order valence-corrected chi connectivity index (χ1v) is 9.93. The lowest BCUT2D eigenvalue weighted by Gasteiger charge is -2.44. The number of hydrogen-bond donors (Lipinski definition) is 1. The van der Waals surface area contributed by atoms with Gasteiger partial charge in [0.25, 0.3) is 5.91 Å². The smallest absolute Gasteiger partial charge is 0.261 e. The van der Waals surface area contributed by atoms with E-state index in [1.54, 1.807) is 0 Å². The van der Waals surface area contributed by atoms with Crippen molar-refractivity contribution in [2.75, 3.05) is 19.6 Å². The quantitative estimate of drug-likeness (QED) is 0.862. The van der Waals surface area contributed by atoms with Crippen molar-refractivity contribution >= 4 is 41.0 Å². The van der Waals surface area contributed by atoms with Crippen molar-refractivity contribution in [1.29, 1.82) is 0 Å². The number of benzene rings is 1. The molecule has 5 heteroatoms. The second-order valence-electron chi connectivity index (χ2n) is 6.81. The summed E-state index contributed by atoms with van der Waals surface area (Å²) >= 11 is 7.53. The van der Waals surface area contributed by atoms with Crippen molar-refractivity contribution in [3.8, 4) is 0 Å². The Balaban J connectivity index is 1.39. The van der Waals surface area contributed by atoms with Gasteiger partial charge in [-0.05, 0) is 67.8 Å². The van der Waals surface area contributed by atoms with Crippen LogP contribution in [-0.2, 0) is 0 Å². The van der Waals surface area contributed by atoms with Gasteiger partial charge in [0.15, 0.2) is 0 Å². The van der Waals surface area contributed by atoms with E-state index in [4.69, 9.17) is 11.6 Å². The van der Waals surface area contributed by atoms with Crippen molar-refractivity contribution in [3.05, 3.63) is 56.7 Å². The molecule has 1 atom stereocenters. The zero-order valence-corrected chi connectivity index (χ0v) is 15.5. The maximum atomic E-state index is 12.6. The number of nitrogens with one attached hydrogen (secondary N) is 1. The lowest BCUT2D eigenvalue weighted by molar-refractivity contribution is 0.0622. The first kappa shape index (κ1) is 16.8. The van der Waals surface area contributed by atoms with E-state index >= 15 is 0 Å². The van der Waals surface area contributed by atoms with Gasteiger partial charge in [-0.1, -0.05) is 29.8 Å². The fourth-order valence-electron chi connectivity index (χ4n) is 3.72. The van der Waals surface area contributed by atoms with E-state index in [1.807, 2.05) is 48.6 Å². The average Bonchev–Trinajstić information content (AvgIpc) is 3.10. The molecule has 130 valence electrons. The molecule has 0 saturated carbocycles. The molecule has 0 spiro atoms. The fraction of sp³-hybridized carbons (Fsp3) is 0.350. The second kappa shape index (κ2) is 7.32.